The van der Waals surface area contributed by atoms with E-state index in [-0.39, 0.29) is 0 Å². The van der Waals surface area contributed by atoms with Crippen molar-refractivity contribution in [2.24, 2.45) is 17.3 Å². The molecule has 0 heteroatoms. The van der Waals surface area contributed by atoms with E-state index in [9.17, 15) is 0 Å². The zero-order chi connectivity index (χ0) is 10.0. The molecule has 0 saturated heterocycles. The van der Waals surface area contributed by atoms with Gasteiger partial charge in [0.1, 0.15) is 0 Å². The van der Waals surface area contributed by atoms with Crippen LogP contribution < -0.4 is 0 Å². The van der Waals surface area contributed by atoms with Gasteiger partial charge < -0.3 is 0 Å². The SMILES string of the molecule is CCCC1(CC)CC2CCCC(C2)C1. The normalized spacial score (nSPS) is 42.4. The van der Waals surface area contributed by atoms with Crippen LogP contribution in [0.25, 0.3) is 0 Å². The number of hydrogen-bond acceptors (Lipinski definition) is 0. The minimum Gasteiger partial charge on any atom is -0.0654 e. The molecule has 0 radical (unpaired) electrons. The highest BCUT2D eigenvalue weighted by Gasteiger charge is 2.40. The Morgan fingerprint density at radius 3 is 2.21 bits per heavy atom. The molecule has 14 heavy (non-hydrogen) atoms. The summed E-state index contributed by atoms with van der Waals surface area (Å²) in [6.45, 7) is 4.79. The van der Waals surface area contributed by atoms with Gasteiger partial charge in [0, 0.05) is 0 Å². The smallest absolute Gasteiger partial charge is 0.0295 e. The molecule has 0 N–H and O–H groups in total. The minimum atomic E-state index is 0.767. The summed E-state index contributed by atoms with van der Waals surface area (Å²) >= 11 is 0. The molecule has 2 bridgehead atoms. The lowest BCUT2D eigenvalue weighted by atomic mass is 9.58. The second-order valence-electron chi connectivity index (χ2n) is 5.91. The first-order valence-electron chi connectivity index (χ1n) is 6.78. The van der Waals surface area contributed by atoms with Crippen molar-refractivity contribution in [3.8, 4) is 0 Å². The van der Waals surface area contributed by atoms with Gasteiger partial charge >= 0.3 is 0 Å². The lowest BCUT2D eigenvalue weighted by Crippen LogP contribution is -2.35. The van der Waals surface area contributed by atoms with E-state index in [1.165, 1.54) is 25.7 Å². The van der Waals surface area contributed by atoms with Crippen LogP contribution in [0.1, 0.15) is 71.6 Å². The molecule has 2 aliphatic rings. The molecular weight excluding hydrogens is 168 g/mol. The summed E-state index contributed by atoms with van der Waals surface area (Å²) in [6.07, 6.45) is 13.6. The van der Waals surface area contributed by atoms with Crippen LogP contribution in [0.4, 0.5) is 0 Å². The maximum atomic E-state index is 2.43. The summed E-state index contributed by atoms with van der Waals surface area (Å²) in [6, 6.07) is 0. The van der Waals surface area contributed by atoms with Crippen LogP contribution in [0.15, 0.2) is 0 Å². The Morgan fingerprint density at radius 1 is 1.07 bits per heavy atom. The predicted octanol–water partition coefficient (Wildman–Crippen LogP) is 4.78. The minimum absolute atomic E-state index is 0.767. The molecule has 2 rings (SSSR count). The predicted molar refractivity (Wildman–Crippen MR) is 62.3 cm³/mol. The average Bonchev–Trinajstić information content (AvgIpc) is 2.18. The van der Waals surface area contributed by atoms with E-state index in [2.05, 4.69) is 13.8 Å². The second kappa shape index (κ2) is 4.24. The van der Waals surface area contributed by atoms with Crippen LogP contribution in [0, 0.1) is 17.3 Å². The zero-order valence-electron chi connectivity index (χ0n) is 10.0. The van der Waals surface area contributed by atoms with Crippen LogP contribution in [0.2, 0.25) is 0 Å². The van der Waals surface area contributed by atoms with E-state index in [0.717, 1.165) is 17.3 Å². The van der Waals surface area contributed by atoms with Gasteiger partial charge in [0.05, 0.1) is 0 Å². The fraction of sp³-hybridized carbons (Fsp3) is 1.00. The van der Waals surface area contributed by atoms with Crippen molar-refractivity contribution in [1.29, 1.82) is 0 Å². The van der Waals surface area contributed by atoms with E-state index in [1.807, 2.05) is 0 Å². The van der Waals surface area contributed by atoms with Gasteiger partial charge in [-0.1, -0.05) is 46.0 Å². The summed E-state index contributed by atoms with van der Waals surface area (Å²) in [5.74, 6) is 2.21. The maximum Gasteiger partial charge on any atom is -0.0295 e. The molecule has 2 aliphatic carbocycles. The van der Waals surface area contributed by atoms with Crippen molar-refractivity contribution in [3.63, 3.8) is 0 Å². The molecule has 0 aliphatic heterocycles. The van der Waals surface area contributed by atoms with Gasteiger partial charge in [0.15, 0.2) is 0 Å². The first kappa shape index (κ1) is 10.5. The van der Waals surface area contributed by atoms with Gasteiger partial charge in [-0.15, -0.1) is 0 Å². The van der Waals surface area contributed by atoms with E-state index >= 15 is 0 Å². The second-order valence-corrected chi connectivity index (χ2v) is 5.91. The number of hydrogen-bond donors (Lipinski definition) is 0. The molecule has 0 nitrogen and oxygen atoms in total. The molecule has 2 saturated carbocycles. The zero-order valence-corrected chi connectivity index (χ0v) is 10.0. The molecule has 82 valence electrons. The third kappa shape index (κ3) is 1.99. The number of rotatable bonds is 3. The summed E-state index contributed by atoms with van der Waals surface area (Å²) < 4.78 is 0. The molecule has 2 unspecified atom stereocenters. The van der Waals surface area contributed by atoms with E-state index in [0.29, 0.717) is 0 Å². The van der Waals surface area contributed by atoms with Crippen molar-refractivity contribution < 1.29 is 0 Å². The highest BCUT2D eigenvalue weighted by molar-refractivity contribution is 4.91. The lowest BCUT2D eigenvalue weighted by molar-refractivity contribution is 0.0438. The molecule has 0 heterocycles. The molecule has 0 aromatic carbocycles. The first-order chi connectivity index (χ1) is 6.78. The van der Waals surface area contributed by atoms with Crippen LogP contribution in [-0.4, -0.2) is 0 Å². The third-order valence-electron chi connectivity index (χ3n) is 4.87. The summed E-state index contributed by atoms with van der Waals surface area (Å²) in [5, 5.41) is 0. The van der Waals surface area contributed by atoms with E-state index < -0.39 is 0 Å². The Morgan fingerprint density at radius 2 is 1.71 bits per heavy atom. The van der Waals surface area contributed by atoms with Crippen molar-refractivity contribution in [1.82, 2.24) is 0 Å². The van der Waals surface area contributed by atoms with Gasteiger partial charge in [0.25, 0.3) is 0 Å². The monoisotopic (exact) mass is 194 g/mol. The van der Waals surface area contributed by atoms with E-state index in [4.69, 9.17) is 0 Å². The Labute approximate surface area is 89.5 Å². The largest absolute Gasteiger partial charge is 0.0654 e. The third-order valence-corrected chi connectivity index (χ3v) is 4.87. The molecular formula is C14H26. The van der Waals surface area contributed by atoms with Gasteiger partial charge in [0.2, 0.25) is 0 Å². The Bertz CT molecular complexity index is 170. The number of fused-ring (bicyclic) bond motifs is 2. The van der Waals surface area contributed by atoms with Crippen LogP contribution in [0.5, 0.6) is 0 Å². The Kier molecular flexibility index (Phi) is 3.19. The van der Waals surface area contributed by atoms with Crippen molar-refractivity contribution in [2.75, 3.05) is 0 Å². The fourth-order valence-corrected chi connectivity index (χ4v) is 4.28. The van der Waals surface area contributed by atoms with Gasteiger partial charge in [-0.3, -0.25) is 0 Å². The quantitative estimate of drug-likeness (QED) is 0.606. The molecule has 2 atom stereocenters. The van der Waals surface area contributed by atoms with Crippen molar-refractivity contribution >= 4 is 0 Å². The average molecular weight is 194 g/mol. The van der Waals surface area contributed by atoms with Crippen LogP contribution in [0.3, 0.4) is 0 Å². The maximum absolute atomic E-state index is 2.43. The topological polar surface area (TPSA) is 0 Å². The van der Waals surface area contributed by atoms with E-state index in [1.54, 1.807) is 32.1 Å². The fourth-order valence-electron chi connectivity index (χ4n) is 4.28. The van der Waals surface area contributed by atoms with Crippen LogP contribution >= 0.6 is 0 Å². The molecule has 0 spiro atoms. The van der Waals surface area contributed by atoms with Crippen LogP contribution in [-0.2, 0) is 0 Å². The summed E-state index contributed by atoms with van der Waals surface area (Å²) in [4.78, 5) is 0. The summed E-state index contributed by atoms with van der Waals surface area (Å²) in [5.41, 5.74) is 0.767. The van der Waals surface area contributed by atoms with Crippen molar-refractivity contribution in [3.05, 3.63) is 0 Å². The standard InChI is InChI=1S/C14H26/c1-3-8-14(4-2)10-12-6-5-7-13(9-12)11-14/h12-13H,3-11H2,1-2H3. The van der Waals surface area contributed by atoms with Gasteiger partial charge in [-0.2, -0.15) is 0 Å². The molecule has 0 aromatic rings. The Hall–Kier alpha value is 0. The summed E-state index contributed by atoms with van der Waals surface area (Å²) in [7, 11) is 0. The first-order valence-corrected chi connectivity index (χ1v) is 6.78. The highest BCUT2D eigenvalue weighted by atomic mass is 14.4. The Balaban J connectivity index is 2.04. The van der Waals surface area contributed by atoms with Gasteiger partial charge in [-0.25, -0.2) is 0 Å². The highest BCUT2D eigenvalue weighted by Crippen LogP contribution is 2.52. The van der Waals surface area contributed by atoms with Crippen molar-refractivity contribution in [2.45, 2.75) is 71.6 Å². The van der Waals surface area contributed by atoms with Gasteiger partial charge in [-0.05, 0) is 42.9 Å². The molecule has 0 aromatic heterocycles. The molecule has 0 amide bonds. The molecule has 2 fully saturated rings. The lowest BCUT2D eigenvalue weighted by Gasteiger charge is -2.47.